The molecular weight excluding hydrogens is 446 g/mol. The standard InChI is InChI=1S/C27H29N3O3S/c31-27(30(21-26-17-28-22-34-26)19-24-11-5-2-6-12-24)33-16-8-14-29(20-25-13-7-15-32-25)18-23-9-3-1-4-10-23/h1-7,9-13,15,17,22H,8,14,16,18-21H2. The fraction of sp³-hybridized carbons (Fsp3) is 0.259. The van der Waals surface area contributed by atoms with Gasteiger partial charge in [-0.25, -0.2) is 4.79 Å². The predicted octanol–water partition coefficient (Wildman–Crippen LogP) is 5.97. The predicted molar refractivity (Wildman–Crippen MR) is 133 cm³/mol. The topological polar surface area (TPSA) is 58.8 Å². The molecule has 4 aromatic rings. The Kier molecular flexibility index (Phi) is 8.88. The Hall–Kier alpha value is -3.42. The van der Waals surface area contributed by atoms with Crippen molar-refractivity contribution in [2.24, 2.45) is 0 Å². The molecule has 2 aromatic heterocycles. The Morgan fingerprint density at radius 3 is 2.26 bits per heavy atom. The van der Waals surface area contributed by atoms with Crippen LogP contribution in [0.25, 0.3) is 0 Å². The summed E-state index contributed by atoms with van der Waals surface area (Å²) >= 11 is 1.54. The lowest BCUT2D eigenvalue weighted by molar-refractivity contribution is 0.0915. The summed E-state index contributed by atoms with van der Waals surface area (Å²) in [5.41, 5.74) is 4.09. The number of carbonyl (C=O) groups is 1. The van der Waals surface area contributed by atoms with Crippen molar-refractivity contribution >= 4 is 17.4 Å². The van der Waals surface area contributed by atoms with Crippen LogP contribution in [-0.2, 0) is 30.9 Å². The SMILES string of the molecule is O=C(OCCCN(Cc1ccccc1)Cc1ccco1)N(Cc1ccccc1)Cc1cncs1. The Balaban J connectivity index is 1.31. The van der Waals surface area contributed by atoms with Crippen molar-refractivity contribution in [3.05, 3.63) is 113 Å². The van der Waals surface area contributed by atoms with Gasteiger partial charge in [0.25, 0.3) is 0 Å². The Morgan fingerprint density at radius 2 is 1.62 bits per heavy atom. The van der Waals surface area contributed by atoms with Gasteiger partial charge in [-0.15, -0.1) is 11.3 Å². The van der Waals surface area contributed by atoms with Crippen LogP contribution in [0, 0.1) is 0 Å². The van der Waals surface area contributed by atoms with Gasteiger partial charge in [0.15, 0.2) is 0 Å². The molecule has 4 rings (SSSR count). The molecular formula is C27H29N3O3S. The minimum absolute atomic E-state index is 0.308. The first-order chi connectivity index (χ1) is 16.8. The molecule has 176 valence electrons. The molecule has 0 saturated heterocycles. The third-order valence-corrected chi connectivity index (χ3v) is 6.12. The van der Waals surface area contributed by atoms with Crippen LogP contribution in [0.2, 0.25) is 0 Å². The molecule has 1 amide bonds. The maximum Gasteiger partial charge on any atom is 0.410 e. The number of benzene rings is 2. The zero-order valence-corrected chi connectivity index (χ0v) is 19.9. The highest BCUT2D eigenvalue weighted by molar-refractivity contribution is 7.09. The van der Waals surface area contributed by atoms with Crippen molar-refractivity contribution in [1.29, 1.82) is 0 Å². The second kappa shape index (κ2) is 12.7. The van der Waals surface area contributed by atoms with Crippen LogP contribution in [0.3, 0.4) is 0 Å². The maximum atomic E-state index is 12.9. The second-order valence-corrected chi connectivity index (χ2v) is 9.02. The summed E-state index contributed by atoms with van der Waals surface area (Å²) in [4.78, 5) is 22.1. The van der Waals surface area contributed by atoms with Crippen LogP contribution in [0.5, 0.6) is 0 Å². The number of hydrogen-bond donors (Lipinski definition) is 0. The van der Waals surface area contributed by atoms with Gasteiger partial charge in [-0.1, -0.05) is 60.7 Å². The van der Waals surface area contributed by atoms with Crippen LogP contribution < -0.4 is 0 Å². The molecule has 0 saturated carbocycles. The molecule has 0 aliphatic rings. The van der Waals surface area contributed by atoms with Crippen molar-refractivity contribution in [1.82, 2.24) is 14.8 Å². The number of furan rings is 1. The van der Waals surface area contributed by atoms with E-state index >= 15 is 0 Å². The van der Waals surface area contributed by atoms with E-state index in [2.05, 4.69) is 22.0 Å². The smallest absolute Gasteiger partial charge is 0.410 e. The summed E-state index contributed by atoms with van der Waals surface area (Å²) in [6.45, 7) is 3.64. The molecule has 34 heavy (non-hydrogen) atoms. The molecule has 7 heteroatoms. The average molecular weight is 476 g/mol. The van der Waals surface area contributed by atoms with Crippen molar-refractivity contribution in [3.63, 3.8) is 0 Å². The molecule has 6 nitrogen and oxygen atoms in total. The van der Waals surface area contributed by atoms with Gasteiger partial charge >= 0.3 is 6.09 Å². The minimum Gasteiger partial charge on any atom is -0.468 e. The Labute approximate surface area is 204 Å². The van der Waals surface area contributed by atoms with E-state index in [1.54, 1.807) is 22.9 Å². The fourth-order valence-electron chi connectivity index (χ4n) is 3.71. The van der Waals surface area contributed by atoms with Crippen molar-refractivity contribution < 1.29 is 13.9 Å². The van der Waals surface area contributed by atoms with Crippen LogP contribution in [-0.4, -0.2) is 34.0 Å². The summed E-state index contributed by atoms with van der Waals surface area (Å²) in [5, 5.41) is 0. The normalized spacial score (nSPS) is 11.0. The Morgan fingerprint density at radius 1 is 0.882 bits per heavy atom. The molecule has 0 fully saturated rings. The minimum atomic E-state index is -0.308. The monoisotopic (exact) mass is 475 g/mol. The summed E-state index contributed by atoms with van der Waals surface area (Å²) in [7, 11) is 0. The van der Waals surface area contributed by atoms with Gasteiger partial charge in [-0.05, 0) is 29.7 Å². The van der Waals surface area contributed by atoms with Crippen LogP contribution in [0.4, 0.5) is 4.79 Å². The van der Waals surface area contributed by atoms with Gasteiger partial charge in [0.1, 0.15) is 5.76 Å². The first-order valence-electron chi connectivity index (χ1n) is 11.4. The third-order valence-electron chi connectivity index (χ3n) is 5.36. The number of thiazole rings is 1. The van der Waals surface area contributed by atoms with Gasteiger partial charge in [0.2, 0.25) is 0 Å². The molecule has 0 radical (unpaired) electrons. The lowest BCUT2D eigenvalue weighted by Crippen LogP contribution is -2.31. The maximum absolute atomic E-state index is 12.9. The van der Waals surface area contributed by atoms with Crippen molar-refractivity contribution in [2.45, 2.75) is 32.6 Å². The van der Waals surface area contributed by atoms with E-state index in [0.29, 0.717) is 26.2 Å². The van der Waals surface area contributed by atoms with Gasteiger partial charge in [0.05, 0.1) is 31.5 Å². The molecule has 0 aliphatic carbocycles. The van der Waals surface area contributed by atoms with Crippen LogP contribution in [0.1, 0.15) is 28.2 Å². The van der Waals surface area contributed by atoms with E-state index in [0.717, 1.165) is 35.7 Å². The zero-order valence-electron chi connectivity index (χ0n) is 19.1. The van der Waals surface area contributed by atoms with Gasteiger partial charge < -0.3 is 9.15 Å². The summed E-state index contributed by atoms with van der Waals surface area (Å²) in [6, 6.07) is 24.2. The number of hydrogen-bond acceptors (Lipinski definition) is 6. The number of amides is 1. The molecule has 0 unspecified atom stereocenters. The number of carbonyl (C=O) groups excluding carboxylic acids is 1. The second-order valence-electron chi connectivity index (χ2n) is 8.05. The summed E-state index contributed by atoms with van der Waals surface area (Å²) in [6.07, 6.45) is 3.92. The van der Waals surface area contributed by atoms with Gasteiger partial charge in [0, 0.05) is 30.7 Å². The lowest BCUT2D eigenvalue weighted by atomic mass is 10.2. The molecule has 0 aliphatic heterocycles. The van der Waals surface area contributed by atoms with E-state index < -0.39 is 0 Å². The molecule has 2 aromatic carbocycles. The highest BCUT2D eigenvalue weighted by Crippen LogP contribution is 2.15. The van der Waals surface area contributed by atoms with E-state index in [1.807, 2.05) is 60.7 Å². The number of rotatable bonds is 12. The molecule has 2 heterocycles. The van der Waals surface area contributed by atoms with Crippen LogP contribution in [0.15, 0.2) is 95.2 Å². The summed E-state index contributed by atoms with van der Waals surface area (Å²) < 4.78 is 11.2. The van der Waals surface area contributed by atoms with E-state index in [9.17, 15) is 4.79 Å². The number of aromatic nitrogens is 1. The number of nitrogens with zero attached hydrogens (tertiary/aromatic N) is 3. The highest BCUT2D eigenvalue weighted by Gasteiger charge is 2.17. The molecule has 0 bridgehead atoms. The van der Waals surface area contributed by atoms with Crippen LogP contribution >= 0.6 is 11.3 Å². The third kappa shape index (κ3) is 7.57. The average Bonchev–Trinajstić information content (AvgIpc) is 3.57. The van der Waals surface area contributed by atoms with Crippen molar-refractivity contribution in [3.8, 4) is 0 Å². The lowest BCUT2D eigenvalue weighted by Gasteiger charge is -2.23. The fourth-order valence-corrected chi connectivity index (χ4v) is 4.32. The van der Waals surface area contributed by atoms with Gasteiger partial charge in [-0.3, -0.25) is 14.8 Å². The van der Waals surface area contributed by atoms with Crippen molar-refractivity contribution in [2.75, 3.05) is 13.2 Å². The number of ether oxygens (including phenoxy) is 1. The highest BCUT2D eigenvalue weighted by atomic mass is 32.1. The largest absolute Gasteiger partial charge is 0.468 e. The zero-order chi connectivity index (χ0) is 23.4. The summed E-state index contributed by atoms with van der Waals surface area (Å²) in [5.74, 6) is 0.923. The molecule has 0 atom stereocenters. The van der Waals surface area contributed by atoms with E-state index in [-0.39, 0.29) is 6.09 Å². The first-order valence-corrected chi connectivity index (χ1v) is 12.3. The quantitative estimate of drug-likeness (QED) is 0.236. The Bertz CT molecular complexity index is 1090. The molecule has 0 spiro atoms. The van der Waals surface area contributed by atoms with E-state index in [1.165, 1.54) is 16.9 Å². The first kappa shape index (κ1) is 23.7. The van der Waals surface area contributed by atoms with E-state index in [4.69, 9.17) is 9.15 Å². The van der Waals surface area contributed by atoms with Gasteiger partial charge in [-0.2, -0.15) is 0 Å². The molecule has 0 N–H and O–H groups in total.